The molecule has 22 heavy (non-hydrogen) atoms. The van der Waals surface area contributed by atoms with Crippen LogP contribution in [0.5, 0.6) is 0 Å². The number of rotatable bonds is 3. The number of hydrogen-bond donors (Lipinski definition) is 1. The van der Waals surface area contributed by atoms with E-state index in [0.717, 1.165) is 21.5 Å². The fourth-order valence-corrected chi connectivity index (χ4v) is 2.71. The molecule has 4 nitrogen and oxygen atoms in total. The Morgan fingerprint density at radius 3 is 2.86 bits per heavy atom. The number of halogens is 1. The number of anilines is 1. The van der Waals surface area contributed by atoms with Gasteiger partial charge in [-0.2, -0.15) is 5.26 Å². The third-order valence-corrected chi connectivity index (χ3v) is 4.59. The van der Waals surface area contributed by atoms with Crippen molar-refractivity contribution in [2.45, 2.75) is 13.5 Å². The standard InChI is InChI=1S/C17H15BrN4/c1-11-8-12(6-7-14(11)18)10-20-17-21-16-13(9-19)4-3-5-15(16)22(17)2/h3-8H,10H2,1-2H3,(H,20,21). The predicted molar refractivity (Wildman–Crippen MR) is 91.6 cm³/mol. The fourth-order valence-electron chi connectivity index (χ4n) is 2.46. The third-order valence-electron chi connectivity index (χ3n) is 3.70. The topological polar surface area (TPSA) is 53.6 Å². The van der Waals surface area contributed by atoms with Crippen molar-refractivity contribution in [3.63, 3.8) is 0 Å². The van der Waals surface area contributed by atoms with Crippen molar-refractivity contribution in [3.05, 3.63) is 57.6 Å². The van der Waals surface area contributed by atoms with Gasteiger partial charge in [-0.1, -0.05) is 34.1 Å². The van der Waals surface area contributed by atoms with E-state index in [1.165, 1.54) is 11.1 Å². The molecule has 2 aromatic carbocycles. The van der Waals surface area contributed by atoms with Gasteiger partial charge < -0.3 is 9.88 Å². The number of hydrogen-bond acceptors (Lipinski definition) is 3. The van der Waals surface area contributed by atoms with E-state index >= 15 is 0 Å². The molecule has 1 heterocycles. The molecule has 3 aromatic rings. The van der Waals surface area contributed by atoms with Crippen LogP contribution in [0.15, 0.2) is 40.9 Å². The van der Waals surface area contributed by atoms with Gasteiger partial charge in [0.1, 0.15) is 11.6 Å². The summed E-state index contributed by atoms with van der Waals surface area (Å²) < 4.78 is 3.08. The van der Waals surface area contributed by atoms with Crippen molar-refractivity contribution in [2.24, 2.45) is 7.05 Å². The van der Waals surface area contributed by atoms with Crippen molar-refractivity contribution in [1.29, 1.82) is 5.26 Å². The van der Waals surface area contributed by atoms with Gasteiger partial charge in [-0.3, -0.25) is 0 Å². The molecule has 0 amide bonds. The molecule has 0 spiro atoms. The van der Waals surface area contributed by atoms with Gasteiger partial charge in [-0.25, -0.2) is 4.98 Å². The maximum Gasteiger partial charge on any atom is 0.203 e. The minimum Gasteiger partial charge on any atom is -0.352 e. The van der Waals surface area contributed by atoms with Crippen molar-refractivity contribution in [2.75, 3.05) is 5.32 Å². The van der Waals surface area contributed by atoms with Crippen LogP contribution in [0.1, 0.15) is 16.7 Å². The summed E-state index contributed by atoms with van der Waals surface area (Å²) in [4.78, 5) is 4.56. The summed E-state index contributed by atoms with van der Waals surface area (Å²) in [6, 6.07) is 14.1. The summed E-state index contributed by atoms with van der Waals surface area (Å²) in [5.41, 5.74) is 4.68. The smallest absolute Gasteiger partial charge is 0.203 e. The van der Waals surface area contributed by atoms with E-state index in [0.29, 0.717) is 12.1 Å². The summed E-state index contributed by atoms with van der Waals surface area (Å²) in [6.07, 6.45) is 0. The highest BCUT2D eigenvalue weighted by molar-refractivity contribution is 9.10. The molecule has 0 aliphatic carbocycles. The Hall–Kier alpha value is -2.32. The van der Waals surface area contributed by atoms with E-state index in [-0.39, 0.29) is 0 Å². The number of nitriles is 1. The lowest BCUT2D eigenvalue weighted by Crippen LogP contribution is -2.05. The van der Waals surface area contributed by atoms with E-state index in [1.54, 1.807) is 6.07 Å². The zero-order chi connectivity index (χ0) is 15.7. The first-order valence-corrected chi connectivity index (χ1v) is 7.74. The first kappa shape index (κ1) is 14.6. The zero-order valence-electron chi connectivity index (χ0n) is 12.4. The number of fused-ring (bicyclic) bond motifs is 1. The Balaban J connectivity index is 1.89. The summed E-state index contributed by atoms with van der Waals surface area (Å²) in [7, 11) is 1.95. The Kier molecular flexibility index (Phi) is 3.86. The Morgan fingerprint density at radius 1 is 1.32 bits per heavy atom. The molecule has 1 N–H and O–H groups in total. The molecule has 0 unspecified atom stereocenters. The van der Waals surface area contributed by atoms with Gasteiger partial charge in [0.2, 0.25) is 5.95 Å². The largest absolute Gasteiger partial charge is 0.352 e. The molecule has 5 heteroatoms. The second-order valence-corrected chi connectivity index (χ2v) is 6.07. The van der Waals surface area contributed by atoms with Crippen LogP contribution in [0.25, 0.3) is 11.0 Å². The first-order valence-electron chi connectivity index (χ1n) is 6.94. The van der Waals surface area contributed by atoms with E-state index in [1.807, 2.05) is 23.7 Å². The van der Waals surface area contributed by atoms with Crippen molar-refractivity contribution in [3.8, 4) is 6.07 Å². The van der Waals surface area contributed by atoms with Crippen LogP contribution < -0.4 is 5.32 Å². The summed E-state index contributed by atoms with van der Waals surface area (Å²) in [5.74, 6) is 0.762. The van der Waals surface area contributed by atoms with Crippen molar-refractivity contribution in [1.82, 2.24) is 9.55 Å². The molecule has 0 aliphatic heterocycles. The number of benzene rings is 2. The number of aromatic nitrogens is 2. The molecular formula is C17H15BrN4. The quantitative estimate of drug-likeness (QED) is 0.769. The number of aryl methyl sites for hydroxylation is 2. The number of para-hydroxylation sites is 1. The van der Waals surface area contributed by atoms with Gasteiger partial charge in [0.15, 0.2) is 0 Å². The molecule has 0 bridgehead atoms. The minimum atomic E-state index is 0.598. The zero-order valence-corrected chi connectivity index (χ0v) is 14.0. The first-order chi connectivity index (χ1) is 10.6. The number of imidazole rings is 1. The van der Waals surface area contributed by atoms with Crippen molar-refractivity contribution < 1.29 is 0 Å². The number of nitrogens with zero attached hydrogens (tertiary/aromatic N) is 3. The van der Waals surface area contributed by atoms with Gasteiger partial charge in [-0.15, -0.1) is 0 Å². The van der Waals surface area contributed by atoms with Crippen LogP contribution in [-0.2, 0) is 13.6 Å². The van der Waals surface area contributed by atoms with Gasteiger partial charge in [0, 0.05) is 18.1 Å². The highest BCUT2D eigenvalue weighted by Crippen LogP contribution is 2.22. The van der Waals surface area contributed by atoms with E-state index < -0.39 is 0 Å². The Morgan fingerprint density at radius 2 is 2.14 bits per heavy atom. The van der Waals surface area contributed by atoms with E-state index in [4.69, 9.17) is 0 Å². The maximum atomic E-state index is 9.18. The molecule has 0 saturated heterocycles. The lowest BCUT2D eigenvalue weighted by Gasteiger charge is -2.08. The molecule has 3 rings (SSSR count). The molecule has 0 aliphatic rings. The van der Waals surface area contributed by atoms with Crippen LogP contribution in [0.2, 0.25) is 0 Å². The summed E-state index contributed by atoms with van der Waals surface area (Å²) >= 11 is 3.51. The van der Waals surface area contributed by atoms with Gasteiger partial charge in [0.25, 0.3) is 0 Å². The second kappa shape index (κ2) is 5.82. The van der Waals surface area contributed by atoms with Gasteiger partial charge >= 0.3 is 0 Å². The van der Waals surface area contributed by atoms with Crippen LogP contribution in [0.3, 0.4) is 0 Å². The fraction of sp³-hybridized carbons (Fsp3) is 0.176. The molecule has 0 atom stereocenters. The van der Waals surface area contributed by atoms with Gasteiger partial charge in [-0.05, 0) is 36.2 Å². The highest BCUT2D eigenvalue weighted by Gasteiger charge is 2.10. The van der Waals surface area contributed by atoms with Crippen LogP contribution in [-0.4, -0.2) is 9.55 Å². The van der Waals surface area contributed by atoms with E-state index in [2.05, 4.69) is 57.4 Å². The predicted octanol–water partition coefficient (Wildman–Crippen LogP) is 4.13. The molecule has 0 fully saturated rings. The lowest BCUT2D eigenvalue weighted by molar-refractivity contribution is 0.927. The molecule has 0 saturated carbocycles. The highest BCUT2D eigenvalue weighted by atomic mass is 79.9. The Labute approximate surface area is 137 Å². The van der Waals surface area contributed by atoms with Crippen LogP contribution >= 0.6 is 15.9 Å². The molecule has 1 aromatic heterocycles. The van der Waals surface area contributed by atoms with Gasteiger partial charge in [0.05, 0.1) is 11.1 Å². The molecule has 0 radical (unpaired) electrons. The van der Waals surface area contributed by atoms with Crippen LogP contribution in [0, 0.1) is 18.3 Å². The minimum absolute atomic E-state index is 0.598. The monoisotopic (exact) mass is 354 g/mol. The SMILES string of the molecule is Cc1cc(CNc2nc3c(C#N)cccc3n2C)ccc1Br. The normalized spacial score (nSPS) is 10.6. The summed E-state index contributed by atoms with van der Waals surface area (Å²) in [6.45, 7) is 2.76. The average molecular weight is 355 g/mol. The van der Waals surface area contributed by atoms with E-state index in [9.17, 15) is 5.26 Å². The van der Waals surface area contributed by atoms with Crippen LogP contribution in [0.4, 0.5) is 5.95 Å². The molecule has 110 valence electrons. The maximum absolute atomic E-state index is 9.18. The Bertz CT molecular complexity index is 890. The third kappa shape index (κ3) is 2.58. The summed E-state index contributed by atoms with van der Waals surface area (Å²) in [5, 5.41) is 12.5. The lowest BCUT2D eigenvalue weighted by atomic mass is 10.1. The average Bonchev–Trinajstić information content (AvgIpc) is 2.85. The van der Waals surface area contributed by atoms with Crippen molar-refractivity contribution >= 4 is 32.9 Å². The number of nitrogens with one attached hydrogen (secondary N) is 1. The second-order valence-electron chi connectivity index (χ2n) is 5.22. The molecular weight excluding hydrogens is 340 g/mol.